The second-order valence-electron chi connectivity index (χ2n) is 3.87. The maximum absolute atomic E-state index is 12.1. The number of hydrazine groups is 1. The van der Waals surface area contributed by atoms with Gasteiger partial charge in [-0.2, -0.15) is 0 Å². The molecular weight excluding hydrogens is 256 g/mol. The summed E-state index contributed by atoms with van der Waals surface area (Å²) in [7, 11) is -2.05. The highest BCUT2D eigenvalue weighted by molar-refractivity contribution is 7.89. The molecule has 0 amide bonds. The second kappa shape index (κ2) is 5.66. The number of hydrogen-bond donors (Lipinski definition) is 1. The van der Waals surface area contributed by atoms with Gasteiger partial charge in [0.1, 0.15) is 5.75 Å². The molecule has 1 aromatic rings. The summed E-state index contributed by atoms with van der Waals surface area (Å²) in [5, 5.41) is 1.64. The van der Waals surface area contributed by atoms with Crippen LogP contribution in [0.1, 0.15) is 0 Å². The zero-order valence-electron chi connectivity index (χ0n) is 10.1. The van der Waals surface area contributed by atoms with E-state index in [0.717, 1.165) is 0 Å². The van der Waals surface area contributed by atoms with E-state index in [9.17, 15) is 8.42 Å². The summed E-state index contributed by atoms with van der Waals surface area (Å²) in [6.07, 6.45) is 0. The minimum atomic E-state index is -3.55. The zero-order chi connectivity index (χ0) is 13.0. The molecule has 0 spiro atoms. The molecule has 0 bridgehead atoms. The lowest BCUT2D eigenvalue weighted by Gasteiger charge is -2.26. The highest BCUT2D eigenvalue weighted by Crippen LogP contribution is 2.17. The fraction of sp³-hybridized carbons (Fsp3) is 0.455. The van der Waals surface area contributed by atoms with E-state index in [1.165, 1.54) is 19.2 Å². The van der Waals surface area contributed by atoms with Crippen LogP contribution in [0.4, 0.5) is 0 Å². The first-order chi connectivity index (χ1) is 8.62. The van der Waals surface area contributed by atoms with E-state index >= 15 is 0 Å². The molecule has 7 heteroatoms. The molecule has 0 unspecified atom stereocenters. The Morgan fingerprint density at radius 3 is 2.72 bits per heavy atom. The molecule has 1 fully saturated rings. The summed E-state index contributed by atoms with van der Waals surface area (Å²) in [6.45, 7) is 2.15. The van der Waals surface area contributed by atoms with E-state index in [1.54, 1.807) is 17.1 Å². The van der Waals surface area contributed by atoms with Gasteiger partial charge >= 0.3 is 0 Å². The van der Waals surface area contributed by atoms with Crippen molar-refractivity contribution in [1.82, 2.24) is 9.84 Å². The number of morpholine rings is 1. The highest BCUT2D eigenvalue weighted by Gasteiger charge is 2.20. The number of nitrogens with one attached hydrogen (secondary N) is 1. The lowest BCUT2D eigenvalue weighted by Crippen LogP contribution is -2.48. The molecule has 18 heavy (non-hydrogen) atoms. The van der Waals surface area contributed by atoms with Crippen LogP contribution in [0.15, 0.2) is 29.2 Å². The first-order valence-corrected chi connectivity index (χ1v) is 7.09. The summed E-state index contributed by atoms with van der Waals surface area (Å²) in [5.41, 5.74) is 0. The van der Waals surface area contributed by atoms with E-state index in [2.05, 4.69) is 4.83 Å². The molecule has 0 atom stereocenters. The fourth-order valence-electron chi connectivity index (χ4n) is 1.65. The van der Waals surface area contributed by atoms with E-state index in [0.29, 0.717) is 32.1 Å². The molecule has 0 aromatic heterocycles. The van der Waals surface area contributed by atoms with Crippen molar-refractivity contribution in [1.29, 1.82) is 0 Å². The summed E-state index contributed by atoms with van der Waals surface area (Å²) >= 11 is 0. The number of hydrogen-bond acceptors (Lipinski definition) is 5. The minimum absolute atomic E-state index is 0.188. The number of benzene rings is 1. The molecular formula is C11H16N2O4S. The van der Waals surface area contributed by atoms with Crippen LogP contribution in [0.3, 0.4) is 0 Å². The van der Waals surface area contributed by atoms with Crippen LogP contribution >= 0.6 is 0 Å². The average molecular weight is 272 g/mol. The van der Waals surface area contributed by atoms with E-state index in [-0.39, 0.29) is 4.90 Å². The highest BCUT2D eigenvalue weighted by atomic mass is 32.2. The van der Waals surface area contributed by atoms with Gasteiger partial charge in [0, 0.05) is 19.2 Å². The number of sulfonamides is 1. The van der Waals surface area contributed by atoms with E-state index in [4.69, 9.17) is 9.47 Å². The Balaban J connectivity index is 2.13. The maximum atomic E-state index is 12.1. The van der Waals surface area contributed by atoms with Gasteiger partial charge in [0.05, 0.1) is 25.2 Å². The summed E-state index contributed by atoms with van der Waals surface area (Å²) in [5.74, 6) is 0.514. The Labute approximate surface area is 107 Å². The maximum Gasteiger partial charge on any atom is 0.253 e. The Morgan fingerprint density at radius 1 is 1.33 bits per heavy atom. The number of nitrogens with zero attached hydrogens (tertiary/aromatic N) is 1. The van der Waals surface area contributed by atoms with Crippen LogP contribution in [0.5, 0.6) is 5.75 Å². The number of ether oxygens (including phenoxy) is 2. The van der Waals surface area contributed by atoms with Crippen molar-refractivity contribution < 1.29 is 17.9 Å². The molecule has 2 rings (SSSR count). The van der Waals surface area contributed by atoms with Crippen molar-refractivity contribution >= 4 is 10.0 Å². The third-order valence-electron chi connectivity index (χ3n) is 2.61. The number of methoxy groups -OCH3 is 1. The quantitative estimate of drug-likeness (QED) is 0.849. The monoisotopic (exact) mass is 272 g/mol. The van der Waals surface area contributed by atoms with Gasteiger partial charge in [-0.25, -0.2) is 13.4 Å². The topological polar surface area (TPSA) is 67.9 Å². The van der Waals surface area contributed by atoms with Crippen molar-refractivity contribution in [3.63, 3.8) is 0 Å². The normalized spacial score (nSPS) is 17.6. The molecule has 0 aliphatic carbocycles. The molecule has 1 heterocycles. The van der Waals surface area contributed by atoms with Gasteiger partial charge < -0.3 is 9.47 Å². The van der Waals surface area contributed by atoms with Crippen molar-refractivity contribution in [2.75, 3.05) is 33.4 Å². The first-order valence-electron chi connectivity index (χ1n) is 5.61. The molecule has 100 valence electrons. The molecule has 1 saturated heterocycles. The second-order valence-corrected chi connectivity index (χ2v) is 5.53. The third kappa shape index (κ3) is 3.20. The van der Waals surface area contributed by atoms with E-state index in [1.807, 2.05) is 0 Å². The van der Waals surface area contributed by atoms with Gasteiger partial charge in [-0.1, -0.05) is 6.07 Å². The fourth-order valence-corrected chi connectivity index (χ4v) is 2.80. The van der Waals surface area contributed by atoms with Crippen LogP contribution in [-0.2, 0) is 14.8 Å². The summed E-state index contributed by atoms with van der Waals surface area (Å²) in [4.78, 5) is 2.72. The molecule has 1 aliphatic rings. The molecule has 1 aromatic carbocycles. The van der Waals surface area contributed by atoms with Gasteiger partial charge in [0.25, 0.3) is 10.0 Å². The van der Waals surface area contributed by atoms with Gasteiger partial charge in [-0.05, 0) is 12.1 Å². The van der Waals surface area contributed by atoms with Gasteiger partial charge in [0.2, 0.25) is 0 Å². The molecule has 0 radical (unpaired) electrons. The molecule has 6 nitrogen and oxygen atoms in total. The minimum Gasteiger partial charge on any atom is -0.497 e. The van der Waals surface area contributed by atoms with E-state index < -0.39 is 10.0 Å². The smallest absolute Gasteiger partial charge is 0.253 e. The third-order valence-corrected chi connectivity index (χ3v) is 3.98. The number of rotatable bonds is 4. The Hall–Kier alpha value is -1.15. The van der Waals surface area contributed by atoms with Crippen molar-refractivity contribution in [2.24, 2.45) is 0 Å². The molecule has 1 N–H and O–H groups in total. The van der Waals surface area contributed by atoms with Crippen LogP contribution in [0, 0.1) is 0 Å². The first kappa shape index (κ1) is 13.3. The van der Waals surface area contributed by atoms with Crippen LogP contribution in [-0.4, -0.2) is 46.8 Å². The lowest BCUT2D eigenvalue weighted by molar-refractivity contribution is 0.0272. The Kier molecular flexibility index (Phi) is 4.18. The Bertz CT molecular complexity index is 498. The lowest BCUT2D eigenvalue weighted by atomic mass is 10.3. The Morgan fingerprint density at radius 2 is 2.06 bits per heavy atom. The summed E-state index contributed by atoms with van der Waals surface area (Å²) in [6, 6.07) is 6.37. The predicted molar refractivity (Wildman–Crippen MR) is 65.7 cm³/mol. The average Bonchev–Trinajstić information content (AvgIpc) is 2.39. The molecule has 1 aliphatic heterocycles. The van der Waals surface area contributed by atoms with Crippen LogP contribution < -0.4 is 9.57 Å². The van der Waals surface area contributed by atoms with Crippen LogP contribution in [0.2, 0.25) is 0 Å². The van der Waals surface area contributed by atoms with Crippen molar-refractivity contribution in [3.8, 4) is 5.75 Å². The zero-order valence-corrected chi connectivity index (χ0v) is 10.9. The summed E-state index contributed by atoms with van der Waals surface area (Å²) < 4.78 is 34.4. The standard InChI is InChI=1S/C11H16N2O4S/c1-16-10-3-2-4-11(9-10)18(14,15)12-13-5-7-17-8-6-13/h2-4,9,12H,5-8H2,1H3. The van der Waals surface area contributed by atoms with Crippen LogP contribution in [0.25, 0.3) is 0 Å². The largest absolute Gasteiger partial charge is 0.497 e. The van der Waals surface area contributed by atoms with Crippen molar-refractivity contribution in [3.05, 3.63) is 24.3 Å². The SMILES string of the molecule is COc1cccc(S(=O)(=O)NN2CCOCC2)c1. The predicted octanol–water partition coefficient (Wildman–Crippen LogP) is 0.221. The van der Waals surface area contributed by atoms with Gasteiger partial charge in [-0.15, -0.1) is 4.83 Å². The van der Waals surface area contributed by atoms with Crippen molar-refractivity contribution in [2.45, 2.75) is 4.90 Å². The van der Waals surface area contributed by atoms with Gasteiger partial charge in [0.15, 0.2) is 0 Å². The molecule has 0 saturated carbocycles. The van der Waals surface area contributed by atoms with Gasteiger partial charge in [-0.3, -0.25) is 0 Å².